The molecule has 0 aliphatic heterocycles. The molecule has 1 heterocycles. The molecule has 0 unspecified atom stereocenters. The highest BCUT2D eigenvalue weighted by Crippen LogP contribution is 2.27. The Morgan fingerprint density at radius 3 is 2.80 bits per heavy atom. The summed E-state index contributed by atoms with van der Waals surface area (Å²) in [6.07, 6.45) is 0. The largest absolute Gasteiger partial charge is 0.409 e. The number of carbonyl (C=O) groups is 1. The van der Waals surface area contributed by atoms with Gasteiger partial charge in [0, 0.05) is 10.0 Å². The van der Waals surface area contributed by atoms with Crippen molar-refractivity contribution in [2.75, 3.05) is 5.32 Å². The number of halogens is 2. The lowest BCUT2D eigenvalue weighted by atomic mass is 10.2. The molecule has 1 aromatic heterocycles. The zero-order valence-corrected chi connectivity index (χ0v) is 13.1. The van der Waals surface area contributed by atoms with Gasteiger partial charge in [0.05, 0.1) is 10.7 Å². The first-order valence-corrected chi connectivity index (χ1v) is 7.39. The van der Waals surface area contributed by atoms with Crippen molar-refractivity contribution in [1.29, 1.82) is 0 Å². The van der Waals surface area contributed by atoms with Crippen molar-refractivity contribution >= 4 is 56.3 Å². The van der Waals surface area contributed by atoms with Gasteiger partial charge in [-0.05, 0) is 45.6 Å². The summed E-state index contributed by atoms with van der Waals surface area (Å²) in [6.45, 7) is 0. The van der Waals surface area contributed by atoms with Gasteiger partial charge in [-0.1, -0.05) is 16.8 Å². The van der Waals surface area contributed by atoms with Crippen LogP contribution in [0.4, 0.5) is 5.69 Å². The van der Waals surface area contributed by atoms with Crippen molar-refractivity contribution in [3.8, 4) is 0 Å². The van der Waals surface area contributed by atoms with Gasteiger partial charge in [-0.2, -0.15) is 0 Å². The molecule has 0 aliphatic rings. The van der Waals surface area contributed by atoms with E-state index in [9.17, 15) is 4.79 Å². The summed E-state index contributed by atoms with van der Waals surface area (Å²) >= 11 is 10.6. The second kappa shape index (κ2) is 6.25. The van der Waals surface area contributed by atoms with Gasteiger partial charge < -0.3 is 16.3 Å². The molecule has 5 nitrogen and oxygen atoms in total. The van der Waals surface area contributed by atoms with Crippen LogP contribution < -0.4 is 11.1 Å². The highest BCUT2D eigenvalue weighted by atomic mass is 79.9. The predicted molar refractivity (Wildman–Crippen MR) is 83.9 cm³/mol. The molecule has 2 rings (SSSR count). The number of carbonyl (C=O) groups excluding carboxylic acids is 1. The fourth-order valence-electron chi connectivity index (χ4n) is 1.47. The zero-order valence-electron chi connectivity index (χ0n) is 9.93. The molecule has 0 fully saturated rings. The second-order valence-corrected chi connectivity index (χ2v) is 5.91. The Morgan fingerprint density at radius 1 is 1.45 bits per heavy atom. The molecular formula is C12H9BrClN3O2S. The fraction of sp³-hybridized carbons (Fsp3) is 0. The molecule has 0 spiro atoms. The van der Waals surface area contributed by atoms with Gasteiger partial charge in [0.2, 0.25) is 0 Å². The molecule has 0 saturated heterocycles. The lowest BCUT2D eigenvalue weighted by molar-refractivity contribution is 0.103. The number of anilines is 1. The number of hydrogen-bond donors (Lipinski definition) is 3. The van der Waals surface area contributed by atoms with Gasteiger partial charge in [0.1, 0.15) is 4.88 Å². The molecular weight excluding hydrogens is 366 g/mol. The third-order valence-electron chi connectivity index (χ3n) is 2.44. The van der Waals surface area contributed by atoms with E-state index in [2.05, 4.69) is 26.4 Å². The van der Waals surface area contributed by atoms with E-state index in [0.717, 1.165) is 0 Å². The van der Waals surface area contributed by atoms with Gasteiger partial charge in [0.25, 0.3) is 5.91 Å². The minimum Gasteiger partial charge on any atom is -0.409 e. The molecule has 0 aliphatic carbocycles. The van der Waals surface area contributed by atoms with Crippen molar-refractivity contribution in [3.05, 3.63) is 49.6 Å². The lowest BCUT2D eigenvalue weighted by Crippen LogP contribution is -2.15. The van der Waals surface area contributed by atoms with Crippen LogP contribution in [0.1, 0.15) is 15.2 Å². The van der Waals surface area contributed by atoms with Crippen LogP contribution in [0.5, 0.6) is 0 Å². The van der Waals surface area contributed by atoms with Crippen LogP contribution in [0.25, 0.3) is 0 Å². The molecule has 0 saturated carbocycles. The number of rotatable bonds is 3. The third-order valence-corrected chi connectivity index (χ3v) is 4.61. The van der Waals surface area contributed by atoms with Crippen molar-refractivity contribution in [3.63, 3.8) is 0 Å². The minimum atomic E-state index is -0.287. The molecule has 8 heteroatoms. The number of hydrogen-bond acceptors (Lipinski definition) is 4. The Labute approximate surface area is 132 Å². The van der Waals surface area contributed by atoms with Gasteiger partial charge in [0.15, 0.2) is 5.84 Å². The Kier molecular flexibility index (Phi) is 4.64. The molecule has 1 amide bonds. The number of nitrogens with two attached hydrogens (primary N) is 1. The molecule has 20 heavy (non-hydrogen) atoms. The molecule has 0 atom stereocenters. The maximum atomic E-state index is 12.1. The topological polar surface area (TPSA) is 87.7 Å². The molecule has 0 radical (unpaired) electrons. The van der Waals surface area contributed by atoms with E-state index in [4.69, 9.17) is 22.5 Å². The van der Waals surface area contributed by atoms with Gasteiger partial charge in [-0.25, -0.2) is 0 Å². The highest BCUT2D eigenvalue weighted by molar-refractivity contribution is 9.10. The second-order valence-electron chi connectivity index (χ2n) is 3.73. The van der Waals surface area contributed by atoms with E-state index in [1.807, 2.05) is 0 Å². The lowest BCUT2D eigenvalue weighted by Gasteiger charge is -2.08. The summed E-state index contributed by atoms with van der Waals surface area (Å²) in [7, 11) is 0. The van der Waals surface area contributed by atoms with Gasteiger partial charge in [-0.3, -0.25) is 4.79 Å². The number of nitrogens with one attached hydrogen (secondary N) is 1. The average Bonchev–Trinajstić information content (AvgIpc) is 2.86. The average molecular weight is 375 g/mol. The minimum absolute atomic E-state index is 0.0607. The number of nitrogens with zero attached hydrogens (tertiary/aromatic N) is 1. The maximum absolute atomic E-state index is 12.1. The van der Waals surface area contributed by atoms with Crippen LogP contribution >= 0.6 is 38.9 Å². The number of thiophene rings is 1. The summed E-state index contributed by atoms with van der Waals surface area (Å²) < 4.78 is 0.712. The van der Waals surface area contributed by atoms with Crippen LogP contribution in [0.15, 0.2) is 39.3 Å². The van der Waals surface area contributed by atoms with E-state index in [-0.39, 0.29) is 11.7 Å². The Morgan fingerprint density at radius 2 is 2.20 bits per heavy atom. The summed E-state index contributed by atoms with van der Waals surface area (Å²) in [5, 5.41) is 16.4. The first kappa shape index (κ1) is 14.8. The number of amides is 1. The summed E-state index contributed by atoms with van der Waals surface area (Å²) in [5.74, 6) is -0.347. The fourth-order valence-corrected chi connectivity index (χ4v) is 3.08. The monoisotopic (exact) mass is 373 g/mol. The number of benzene rings is 1. The quantitative estimate of drug-likeness (QED) is 0.332. The Bertz CT molecular complexity index is 687. The van der Waals surface area contributed by atoms with Crippen LogP contribution in [0.2, 0.25) is 5.02 Å². The van der Waals surface area contributed by atoms with Crippen molar-refractivity contribution in [2.24, 2.45) is 10.9 Å². The van der Waals surface area contributed by atoms with Crippen LogP contribution in [-0.4, -0.2) is 17.0 Å². The summed E-state index contributed by atoms with van der Waals surface area (Å²) in [6, 6.07) is 6.48. The van der Waals surface area contributed by atoms with Crippen LogP contribution in [0.3, 0.4) is 0 Å². The summed E-state index contributed by atoms with van der Waals surface area (Å²) in [5.41, 5.74) is 6.35. The number of amidine groups is 1. The molecule has 4 N–H and O–H groups in total. The van der Waals surface area contributed by atoms with Crippen LogP contribution in [-0.2, 0) is 0 Å². The molecule has 104 valence electrons. The van der Waals surface area contributed by atoms with E-state index in [0.29, 0.717) is 25.6 Å². The zero-order chi connectivity index (χ0) is 14.7. The van der Waals surface area contributed by atoms with Crippen molar-refractivity contribution < 1.29 is 10.0 Å². The summed E-state index contributed by atoms with van der Waals surface area (Å²) in [4.78, 5) is 12.6. The number of oxime groups is 1. The smallest absolute Gasteiger partial charge is 0.266 e. The highest BCUT2D eigenvalue weighted by Gasteiger charge is 2.14. The van der Waals surface area contributed by atoms with Crippen molar-refractivity contribution in [1.82, 2.24) is 0 Å². The van der Waals surface area contributed by atoms with Gasteiger partial charge in [-0.15, -0.1) is 11.3 Å². The first-order chi connectivity index (χ1) is 9.52. The third kappa shape index (κ3) is 3.12. The molecule has 2 aromatic rings. The van der Waals surface area contributed by atoms with E-state index in [1.54, 1.807) is 23.6 Å². The predicted octanol–water partition coefficient (Wildman–Crippen LogP) is 3.51. The maximum Gasteiger partial charge on any atom is 0.266 e. The van der Waals surface area contributed by atoms with E-state index < -0.39 is 0 Å². The van der Waals surface area contributed by atoms with E-state index >= 15 is 0 Å². The van der Waals surface area contributed by atoms with Crippen molar-refractivity contribution in [2.45, 2.75) is 0 Å². The standard InChI is InChI=1S/C12H9BrClN3O2S/c13-7-3-4-20-10(7)12(18)16-9-5-6(11(15)17-19)1-2-8(9)14/h1-5,19H,(H2,15,17)(H,16,18). The first-order valence-electron chi connectivity index (χ1n) is 5.34. The van der Waals surface area contributed by atoms with Gasteiger partial charge >= 0.3 is 0 Å². The van der Waals surface area contributed by atoms with E-state index in [1.165, 1.54) is 17.4 Å². The Hall–Kier alpha value is -1.57. The normalized spacial score (nSPS) is 11.4. The molecule has 0 bridgehead atoms. The SMILES string of the molecule is N/C(=N/O)c1ccc(Cl)c(NC(=O)c2sccc2Br)c1. The molecule has 1 aromatic carbocycles. The van der Waals surface area contributed by atoms with Crippen LogP contribution in [0, 0.1) is 0 Å². The Balaban J connectivity index is 2.29.